The molecular formula is C26H23NO3. The lowest BCUT2D eigenvalue weighted by Crippen LogP contribution is -2.40. The maximum Gasteiger partial charge on any atom is 0.253 e. The molecule has 1 fully saturated rings. The molecule has 0 atom stereocenters. The number of hydrogen-bond donors (Lipinski definition) is 0. The van der Waals surface area contributed by atoms with Crippen LogP contribution >= 0.6 is 0 Å². The van der Waals surface area contributed by atoms with Crippen molar-refractivity contribution >= 4 is 17.5 Å². The summed E-state index contributed by atoms with van der Waals surface area (Å²) in [5, 5.41) is 0. The first-order chi connectivity index (χ1) is 14.6. The second kappa shape index (κ2) is 8.87. The van der Waals surface area contributed by atoms with E-state index in [1.807, 2.05) is 48.5 Å². The van der Waals surface area contributed by atoms with Gasteiger partial charge in [0.2, 0.25) is 0 Å². The smallest absolute Gasteiger partial charge is 0.253 e. The number of Topliss-reactive ketones (excluding diaryl/α,β-unsaturated/α-hetero) is 1. The number of ketones is 2. The first kappa shape index (κ1) is 19.8. The van der Waals surface area contributed by atoms with Crippen LogP contribution in [0, 0.1) is 5.92 Å². The fourth-order valence-corrected chi connectivity index (χ4v) is 3.89. The van der Waals surface area contributed by atoms with Crippen molar-refractivity contribution in [2.75, 3.05) is 13.1 Å². The summed E-state index contributed by atoms with van der Waals surface area (Å²) in [7, 11) is 0. The minimum absolute atomic E-state index is 0.0395. The van der Waals surface area contributed by atoms with Crippen LogP contribution in [0.15, 0.2) is 84.9 Å². The Hall–Kier alpha value is -3.53. The number of carbonyl (C=O) groups is 3. The Balaban J connectivity index is 1.37. The van der Waals surface area contributed by atoms with E-state index < -0.39 is 0 Å². The lowest BCUT2D eigenvalue weighted by atomic mass is 9.88. The molecule has 0 N–H and O–H groups in total. The number of amides is 1. The summed E-state index contributed by atoms with van der Waals surface area (Å²) in [5.41, 5.74) is 2.49. The molecule has 0 unspecified atom stereocenters. The van der Waals surface area contributed by atoms with Gasteiger partial charge >= 0.3 is 0 Å². The van der Waals surface area contributed by atoms with Crippen molar-refractivity contribution in [1.82, 2.24) is 4.90 Å². The minimum atomic E-state index is -0.0603. The lowest BCUT2D eigenvalue weighted by Gasteiger charge is -2.31. The van der Waals surface area contributed by atoms with Crippen molar-refractivity contribution in [3.8, 4) is 0 Å². The van der Waals surface area contributed by atoms with E-state index >= 15 is 0 Å². The number of benzene rings is 3. The standard InChI is InChI=1S/C26H23NO3/c28-24(19-7-3-1-4-8-19)21-11-13-23(14-12-21)26(30)27-17-15-22(16-18-27)25(29)20-9-5-2-6-10-20/h1-14,22H,15-18H2. The van der Waals surface area contributed by atoms with Crippen LogP contribution in [0.1, 0.15) is 49.5 Å². The molecule has 1 amide bonds. The van der Waals surface area contributed by atoms with E-state index in [4.69, 9.17) is 0 Å². The summed E-state index contributed by atoms with van der Waals surface area (Å²) in [6.07, 6.45) is 1.34. The van der Waals surface area contributed by atoms with E-state index in [2.05, 4.69) is 0 Å². The molecule has 1 heterocycles. The quantitative estimate of drug-likeness (QED) is 0.589. The molecule has 0 saturated carbocycles. The summed E-state index contributed by atoms with van der Waals surface area (Å²) in [4.78, 5) is 39.8. The van der Waals surface area contributed by atoms with Gasteiger partial charge in [-0.25, -0.2) is 0 Å². The first-order valence-corrected chi connectivity index (χ1v) is 10.2. The topological polar surface area (TPSA) is 54.5 Å². The van der Waals surface area contributed by atoms with Gasteiger partial charge in [-0.3, -0.25) is 14.4 Å². The number of rotatable bonds is 5. The van der Waals surface area contributed by atoms with Crippen molar-refractivity contribution in [2.24, 2.45) is 5.92 Å². The van der Waals surface area contributed by atoms with Gasteiger partial charge in [0.1, 0.15) is 0 Å². The van der Waals surface area contributed by atoms with Gasteiger partial charge in [0.15, 0.2) is 11.6 Å². The highest BCUT2D eigenvalue weighted by atomic mass is 16.2. The SMILES string of the molecule is O=C(c1ccccc1)c1ccc(C(=O)N2CCC(C(=O)c3ccccc3)CC2)cc1. The third kappa shape index (κ3) is 4.23. The monoisotopic (exact) mass is 397 g/mol. The number of hydrogen-bond acceptors (Lipinski definition) is 3. The Bertz CT molecular complexity index is 1030. The van der Waals surface area contributed by atoms with Crippen LogP contribution in [0.5, 0.6) is 0 Å². The molecule has 4 rings (SSSR count). The van der Waals surface area contributed by atoms with Crippen LogP contribution in [0.4, 0.5) is 0 Å². The Labute approximate surface area is 176 Å². The van der Waals surface area contributed by atoms with E-state index in [0.29, 0.717) is 42.6 Å². The third-order valence-electron chi connectivity index (χ3n) is 5.64. The first-order valence-electron chi connectivity index (χ1n) is 10.2. The molecule has 30 heavy (non-hydrogen) atoms. The zero-order valence-corrected chi connectivity index (χ0v) is 16.7. The third-order valence-corrected chi connectivity index (χ3v) is 5.64. The highest BCUT2D eigenvalue weighted by molar-refractivity contribution is 6.09. The maximum atomic E-state index is 12.9. The van der Waals surface area contributed by atoms with Gasteiger partial charge in [-0.2, -0.15) is 0 Å². The largest absolute Gasteiger partial charge is 0.339 e. The van der Waals surface area contributed by atoms with Crippen LogP contribution in [0.3, 0.4) is 0 Å². The molecule has 150 valence electrons. The molecule has 0 bridgehead atoms. The molecule has 4 heteroatoms. The Morgan fingerprint density at radius 2 is 1.07 bits per heavy atom. The van der Waals surface area contributed by atoms with E-state index in [1.54, 1.807) is 41.3 Å². The van der Waals surface area contributed by atoms with Crippen LogP contribution in [0.25, 0.3) is 0 Å². The number of piperidine rings is 1. The van der Waals surface area contributed by atoms with E-state index in [0.717, 1.165) is 5.56 Å². The van der Waals surface area contributed by atoms with Gasteiger partial charge in [0, 0.05) is 41.3 Å². The Kier molecular flexibility index (Phi) is 5.84. The highest BCUT2D eigenvalue weighted by Crippen LogP contribution is 2.23. The summed E-state index contributed by atoms with van der Waals surface area (Å²) < 4.78 is 0. The Morgan fingerprint density at radius 1 is 0.600 bits per heavy atom. The van der Waals surface area contributed by atoms with Gasteiger partial charge in [-0.1, -0.05) is 72.8 Å². The molecule has 3 aromatic rings. The summed E-state index contributed by atoms with van der Waals surface area (Å²) >= 11 is 0. The molecule has 0 aliphatic carbocycles. The molecule has 0 aromatic heterocycles. The van der Waals surface area contributed by atoms with Gasteiger partial charge < -0.3 is 4.90 Å². The zero-order chi connectivity index (χ0) is 20.9. The molecule has 0 spiro atoms. The van der Waals surface area contributed by atoms with Crippen molar-refractivity contribution in [2.45, 2.75) is 12.8 Å². The normalized spacial score (nSPS) is 14.3. The molecule has 1 saturated heterocycles. The van der Waals surface area contributed by atoms with E-state index in [-0.39, 0.29) is 23.4 Å². The molecule has 0 radical (unpaired) electrons. The van der Waals surface area contributed by atoms with Crippen LogP contribution in [-0.4, -0.2) is 35.5 Å². The summed E-state index contributed by atoms with van der Waals surface area (Å²) in [6.45, 7) is 1.12. The molecule has 3 aromatic carbocycles. The molecule has 1 aliphatic rings. The average Bonchev–Trinajstić information content (AvgIpc) is 2.84. The summed E-state index contributed by atoms with van der Waals surface area (Å²) in [5.74, 6) is 0.00274. The number of likely N-dealkylation sites (tertiary alicyclic amines) is 1. The van der Waals surface area contributed by atoms with Gasteiger partial charge in [0.05, 0.1) is 0 Å². The predicted molar refractivity (Wildman–Crippen MR) is 116 cm³/mol. The summed E-state index contributed by atoms with van der Waals surface area (Å²) in [6, 6.07) is 25.2. The molecular weight excluding hydrogens is 374 g/mol. The fourth-order valence-electron chi connectivity index (χ4n) is 3.89. The Morgan fingerprint density at radius 3 is 1.63 bits per heavy atom. The van der Waals surface area contributed by atoms with Crippen molar-refractivity contribution < 1.29 is 14.4 Å². The van der Waals surface area contributed by atoms with E-state index in [9.17, 15) is 14.4 Å². The molecule has 1 aliphatic heterocycles. The zero-order valence-electron chi connectivity index (χ0n) is 16.7. The predicted octanol–water partition coefficient (Wildman–Crippen LogP) is 4.65. The average molecular weight is 397 g/mol. The van der Waals surface area contributed by atoms with Gasteiger partial charge in [-0.15, -0.1) is 0 Å². The fraction of sp³-hybridized carbons (Fsp3) is 0.192. The second-order valence-corrected chi connectivity index (χ2v) is 7.57. The highest BCUT2D eigenvalue weighted by Gasteiger charge is 2.28. The van der Waals surface area contributed by atoms with Crippen LogP contribution in [-0.2, 0) is 0 Å². The second-order valence-electron chi connectivity index (χ2n) is 7.57. The van der Waals surface area contributed by atoms with Crippen LogP contribution in [0.2, 0.25) is 0 Å². The van der Waals surface area contributed by atoms with Crippen molar-refractivity contribution in [3.63, 3.8) is 0 Å². The van der Waals surface area contributed by atoms with Crippen LogP contribution < -0.4 is 0 Å². The maximum absolute atomic E-state index is 12.9. The van der Waals surface area contributed by atoms with Crippen molar-refractivity contribution in [3.05, 3.63) is 107 Å². The minimum Gasteiger partial charge on any atom is -0.339 e. The molecule has 4 nitrogen and oxygen atoms in total. The number of nitrogens with zero attached hydrogens (tertiary/aromatic N) is 1. The van der Waals surface area contributed by atoms with E-state index in [1.165, 1.54) is 0 Å². The van der Waals surface area contributed by atoms with Gasteiger partial charge in [-0.05, 0) is 25.0 Å². The van der Waals surface area contributed by atoms with Crippen molar-refractivity contribution in [1.29, 1.82) is 0 Å². The number of carbonyl (C=O) groups excluding carboxylic acids is 3. The van der Waals surface area contributed by atoms with Gasteiger partial charge in [0.25, 0.3) is 5.91 Å². The lowest BCUT2D eigenvalue weighted by molar-refractivity contribution is 0.0650.